The van der Waals surface area contributed by atoms with Gasteiger partial charge in [-0.1, -0.05) is 11.6 Å². The number of aromatic nitrogens is 1. The van der Waals surface area contributed by atoms with Crippen LogP contribution in [0.25, 0.3) is 0 Å². The first-order valence-corrected chi connectivity index (χ1v) is 7.52. The van der Waals surface area contributed by atoms with E-state index < -0.39 is 22.7 Å². The summed E-state index contributed by atoms with van der Waals surface area (Å²) in [7, 11) is 1.34. The molecule has 9 nitrogen and oxygen atoms in total. The number of likely N-dealkylation sites (tertiary alicyclic amines) is 1. The Morgan fingerprint density at radius 2 is 2.04 bits per heavy atom. The van der Waals surface area contributed by atoms with Gasteiger partial charge in [-0.2, -0.15) is 4.98 Å². The second kappa shape index (κ2) is 6.68. The molecule has 1 amide bonds. The predicted octanol–water partition coefficient (Wildman–Crippen LogP) is 2.65. The van der Waals surface area contributed by atoms with Crippen LogP contribution in [0.1, 0.15) is 20.8 Å². The third-order valence-electron chi connectivity index (χ3n) is 3.06. The van der Waals surface area contributed by atoms with Crippen LogP contribution in [0.5, 0.6) is 11.8 Å². The maximum atomic E-state index is 11.8. The number of halogens is 1. The molecule has 2 heterocycles. The van der Waals surface area contributed by atoms with E-state index in [4.69, 9.17) is 25.8 Å². The minimum absolute atomic E-state index is 0.0144. The second-order valence-corrected chi connectivity index (χ2v) is 6.59. The number of carbonyl (C=O) groups is 1. The number of pyridine rings is 1. The number of ether oxygens (including phenoxy) is 3. The smallest absolute Gasteiger partial charge is 0.410 e. The highest BCUT2D eigenvalue weighted by Gasteiger charge is 2.37. The lowest BCUT2D eigenvalue weighted by atomic mass is 10.1. The number of nitro groups is 1. The van der Waals surface area contributed by atoms with Gasteiger partial charge >= 0.3 is 11.8 Å². The summed E-state index contributed by atoms with van der Waals surface area (Å²) in [5, 5.41) is 11.1. The highest BCUT2D eigenvalue weighted by atomic mass is 35.5. The molecule has 0 atom stereocenters. The van der Waals surface area contributed by atoms with E-state index in [-0.39, 0.29) is 35.6 Å². The first-order valence-electron chi connectivity index (χ1n) is 7.14. The first kappa shape index (κ1) is 18.1. The fraction of sp³-hybridized carbons (Fsp3) is 0.571. The molecule has 24 heavy (non-hydrogen) atoms. The van der Waals surface area contributed by atoms with Crippen molar-refractivity contribution in [1.29, 1.82) is 0 Å². The van der Waals surface area contributed by atoms with E-state index in [1.807, 2.05) is 0 Å². The zero-order valence-electron chi connectivity index (χ0n) is 13.7. The van der Waals surface area contributed by atoms with Crippen LogP contribution in [0.2, 0.25) is 5.02 Å². The summed E-state index contributed by atoms with van der Waals surface area (Å²) in [5.74, 6) is -0.171. The Bertz CT molecular complexity index is 655. The zero-order valence-corrected chi connectivity index (χ0v) is 14.5. The van der Waals surface area contributed by atoms with Crippen LogP contribution in [0, 0.1) is 10.1 Å². The summed E-state index contributed by atoms with van der Waals surface area (Å²) >= 11 is 5.84. The zero-order chi connectivity index (χ0) is 18.1. The highest BCUT2D eigenvalue weighted by molar-refractivity contribution is 6.32. The molecule has 1 aliphatic rings. The normalized spacial score (nSPS) is 14.8. The van der Waals surface area contributed by atoms with Gasteiger partial charge in [-0.15, -0.1) is 0 Å². The second-order valence-electron chi connectivity index (χ2n) is 6.19. The van der Waals surface area contributed by atoms with Gasteiger partial charge in [0, 0.05) is 6.07 Å². The third-order valence-corrected chi connectivity index (χ3v) is 3.33. The lowest BCUT2D eigenvalue weighted by molar-refractivity contribution is -0.386. The van der Waals surface area contributed by atoms with Crippen molar-refractivity contribution in [3.8, 4) is 11.8 Å². The molecule has 0 spiro atoms. The van der Waals surface area contributed by atoms with Gasteiger partial charge in [0.25, 0.3) is 5.88 Å². The van der Waals surface area contributed by atoms with Crippen molar-refractivity contribution in [3.63, 3.8) is 0 Å². The Labute approximate surface area is 143 Å². The number of rotatable bonds is 4. The Morgan fingerprint density at radius 1 is 1.42 bits per heavy atom. The molecule has 2 rings (SSSR count). The molecule has 1 aliphatic heterocycles. The summed E-state index contributed by atoms with van der Waals surface area (Å²) in [5.41, 5.74) is -0.955. The summed E-state index contributed by atoms with van der Waals surface area (Å²) in [6.45, 7) is 5.81. The molecule has 0 saturated carbocycles. The van der Waals surface area contributed by atoms with E-state index in [0.717, 1.165) is 6.07 Å². The lowest BCUT2D eigenvalue weighted by Gasteiger charge is -2.39. The van der Waals surface area contributed by atoms with Crippen LogP contribution >= 0.6 is 11.6 Å². The van der Waals surface area contributed by atoms with Crippen molar-refractivity contribution >= 4 is 23.4 Å². The van der Waals surface area contributed by atoms with Crippen LogP contribution in [0.15, 0.2) is 6.07 Å². The fourth-order valence-corrected chi connectivity index (χ4v) is 2.18. The SMILES string of the molecule is COc1nc(OC2CN(C(=O)OC(C)(C)C)C2)c([N+](=O)[O-])cc1Cl. The first-order chi connectivity index (χ1) is 11.1. The predicted molar refractivity (Wildman–Crippen MR) is 84.7 cm³/mol. The summed E-state index contributed by atoms with van der Waals surface area (Å²) in [4.78, 5) is 27.6. The van der Waals surface area contributed by atoms with Crippen molar-refractivity contribution in [2.75, 3.05) is 20.2 Å². The van der Waals surface area contributed by atoms with Crippen LogP contribution in [-0.2, 0) is 4.74 Å². The largest absolute Gasteiger partial charge is 0.480 e. The van der Waals surface area contributed by atoms with E-state index in [1.54, 1.807) is 20.8 Å². The maximum absolute atomic E-state index is 11.8. The Balaban J connectivity index is 2.03. The molecule has 0 N–H and O–H groups in total. The number of amides is 1. The molecule has 1 aromatic rings. The number of methoxy groups -OCH3 is 1. The van der Waals surface area contributed by atoms with Gasteiger partial charge in [0.05, 0.1) is 25.1 Å². The number of hydrogen-bond donors (Lipinski definition) is 0. The van der Waals surface area contributed by atoms with Gasteiger partial charge in [0.15, 0.2) is 0 Å². The molecule has 0 aliphatic carbocycles. The summed E-state index contributed by atoms with van der Waals surface area (Å²) in [6, 6.07) is 1.12. The van der Waals surface area contributed by atoms with Gasteiger partial charge < -0.3 is 19.1 Å². The number of carbonyl (C=O) groups excluding carboxylic acids is 1. The van der Waals surface area contributed by atoms with Gasteiger partial charge in [-0.05, 0) is 20.8 Å². The molecule has 1 aromatic heterocycles. The van der Waals surface area contributed by atoms with Crippen LogP contribution in [0.4, 0.5) is 10.5 Å². The molecule has 0 bridgehead atoms. The standard InChI is InChI=1S/C14H18ClN3O6/c1-14(2,3)24-13(19)17-6-8(7-17)23-12-10(18(20)21)5-9(15)11(16-12)22-4/h5,8H,6-7H2,1-4H3. The maximum Gasteiger partial charge on any atom is 0.410 e. The summed E-state index contributed by atoms with van der Waals surface area (Å²) in [6.07, 6.45) is -0.881. The molecule has 132 valence electrons. The Hall–Kier alpha value is -2.29. The Kier molecular flexibility index (Phi) is 5.02. The summed E-state index contributed by atoms with van der Waals surface area (Å²) < 4.78 is 15.7. The third kappa shape index (κ3) is 4.16. The van der Waals surface area contributed by atoms with Crippen LogP contribution in [-0.4, -0.2) is 52.8 Å². The molecule has 0 unspecified atom stereocenters. The van der Waals surface area contributed by atoms with Crippen molar-refractivity contribution < 1.29 is 23.9 Å². The lowest BCUT2D eigenvalue weighted by Crippen LogP contribution is -2.57. The molecule has 0 aromatic carbocycles. The van der Waals surface area contributed by atoms with Crippen molar-refractivity contribution in [2.24, 2.45) is 0 Å². The molecule has 0 radical (unpaired) electrons. The van der Waals surface area contributed by atoms with Crippen molar-refractivity contribution in [2.45, 2.75) is 32.5 Å². The van der Waals surface area contributed by atoms with Crippen LogP contribution in [0.3, 0.4) is 0 Å². The number of hydrogen-bond acceptors (Lipinski definition) is 7. The van der Waals surface area contributed by atoms with Gasteiger partial charge in [0.2, 0.25) is 5.88 Å². The quantitative estimate of drug-likeness (QED) is 0.601. The average molecular weight is 360 g/mol. The molecule has 10 heteroatoms. The van der Waals surface area contributed by atoms with E-state index in [2.05, 4.69) is 4.98 Å². The molecular weight excluding hydrogens is 342 g/mol. The van der Waals surface area contributed by atoms with E-state index in [1.165, 1.54) is 12.0 Å². The molecule has 1 fully saturated rings. The van der Waals surface area contributed by atoms with Gasteiger partial charge in [-0.25, -0.2) is 4.79 Å². The fourth-order valence-electron chi connectivity index (χ4n) is 1.95. The Morgan fingerprint density at radius 3 is 2.54 bits per heavy atom. The average Bonchev–Trinajstić information content (AvgIpc) is 2.40. The monoisotopic (exact) mass is 359 g/mol. The molecular formula is C14H18ClN3O6. The van der Waals surface area contributed by atoms with Crippen molar-refractivity contribution in [1.82, 2.24) is 9.88 Å². The number of nitrogens with zero attached hydrogens (tertiary/aromatic N) is 3. The van der Waals surface area contributed by atoms with Crippen LogP contribution < -0.4 is 9.47 Å². The molecule has 1 saturated heterocycles. The van der Waals surface area contributed by atoms with Gasteiger partial charge in [-0.3, -0.25) is 10.1 Å². The van der Waals surface area contributed by atoms with E-state index >= 15 is 0 Å². The van der Waals surface area contributed by atoms with Crippen molar-refractivity contribution in [3.05, 3.63) is 21.2 Å². The highest BCUT2D eigenvalue weighted by Crippen LogP contribution is 2.35. The topological polar surface area (TPSA) is 104 Å². The minimum Gasteiger partial charge on any atom is -0.480 e. The van der Waals surface area contributed by atoms with E-state index in [0.29, 0.717) is 0 Å². The van der Waals surface area contributed by atoms with Gasteiger partial charge in [0.1, 0.15) is 16.7 Å². The van der Waals surface area contributed by atoms with E-state index in [9.17, 15) is 14.9 Å². The minimum atomic E-state index is -0.641.